The molecule has 1 aromatic carbocycles. The van der Waals surface area contributed by atoms with Crippen LogP contribution in [0.3, 0.4) is 0 Å². The summed E-state index contributed by atoms with van der Waals surface area (Å²) >= 11 is 0. The average Bonchev–Trinajstić information content (AvgIpc) is 2.36. The molecule has 0 saturated heterocycles. The highest BCUT2D eigenvalue weighted by molar-refractivity contribution is 5.91. The Morgan fingerprint density at radius 1 is 1.37 bits per heavy atom. The van der Waals surface area contributed by atoms with E-state index in [2.05, 4.69) is 6.58 Å². The van der Waals surface area contributed by atoms with E-state index in [0.29, 0.717) is 5.69 Å². The van der Waals surface area contributed by atoms with Gasteiger partial charge in [0.1, 0.15) is 6.61 Å². The van der Waals surface area contributed by atoms with Crippen molar-refractivity contribution in [1.82, 2.24) is 0 Å². The van der Waals surface area contributed by atoms with Gasteiger partial charge in [0.2, 0.25) is 0 Å². The van der Waals surface area contributed by atoms with E-state index in [0.717, 1.165) is 0 Å². The van der Waals surface area contributed by atoms with Crippen molar-refractivity contribution in [2.75, 3.05) is 11.5 Å². The molecule has 1 amide bonds. The molecule has 0 aliphatic rings. The SMILES string of the molecule is C=CCOC(=O)N(c1ccc(C(=O)O)cc1)C(C)C. The first-order chi connectivity index (χ1) is 8.97. The summed E-state index contributed by atoms with van der Waals surface area (Å²) in [6.45, 7) is 7.31. The van der Waals surface area contributed by atoms with Gasteiger partial charge in [0.15, 0.2) is 0 Å². The third kappa shape index (κ3) is 3.84. The van der Waals surface area contributed by atoms with Crippen molar-refractivity contribution in [2.24, 2.45) is 0 Å². The second kappa shape index (κ2) is 6.58. The van der Waals surface area contributed by atoms with Crippen LogP contribution >= 0.6 is 0 Å². The molecule has 0 aromatic heterocycles. The summed E-state index contributed by atoms with van der Waals surface area (Å²) in [6, 6.07) is 5.96. The molecule has 5 heteroatoms. The van der Waals surface area contributed by atoms with Gasteiger partial charge >= 0.3 is 12.1 Å². The molecule has 19 heavy (non-hydrogen) atoms. The maximum Gasteiger partial charge on any atom is 0.414 e. The molecule has 5 nitrogen and oxygen atoms in total. The summed E-state index contributed by atoms with van der Waals surface area (Å²) < 4.78 is 5.00. The monoisotopic (exact) mass is 263 g/mol. The van der Waals surface area contributed by atoms with Crippen LogP contribution in [0.4, 0.5) is 10.5 Å². The van der Waals surface area contributed by atoms with Gasteiger partial charge < -0.3 is 9.84 Å². The summed E-state index contributed by atoms with van der Waals surface area (Å²) in [7, 11) is 0. The molecule has 1 N–H and O–H groups in total. The number of ether oxygens (including phenoxy) is 1. The smallest absolute Gasteiger partial charge is 0.414 e. The number of carboxylic acid groups (broad SMARTS) is 1. The van der Waals surface area contributed by atoms with Crippen LogP contribution < -0.4 is 4.90 Å². The van der Waals surface area contributed by atoms with Gasteiger partial charge in [-0.05, 0) is 38.1 Å². The topological polar surface area (TPSA) is 66.8 Å². The van der Waals surface area contributed by atoms with E-state index in [4.69, 9.17) is 9.84 Å². The van der Waals surface area contributed by atoms with Crippen molar-refractivity contribution in [3.8, 4) is 0 Å². The second-order valence-electron chi connectivity index (χ2n) is 4.18. The van der Waals surface area contributed by atoms with Gasteiger partial charge in [-0.15, -0.1) is 0 Å². The number of anilines is 1. The molecule has 0 fully saturated rings. The zero-order valence-electron chi connectivity index (χ0n) is 11.0. The van der Waals surface area contributed by atoms with Gasteiger partial charge in [-0.2, -0.15) is 0 Å². The average molecular weight is 263 g/mol. The molecule has 0 heterocycles. The molecule has 0 atom stereocenters. The maximum atomic E-state index is 11.9. The summed E-state index contributed by atoms with van der Waals surface area (Å²) in [6.07, 6.45) is 1.00. The number of nitrogens with zero attached hydrogens (tertiary/aromatic N) is 1. The maximum absolute atomic E-state index is 11.9. The number of benzene rings is 1. The molecule has 102 valence electrons. The summed E-state index contributed by atoms with van der Waals surface area (Å²) in [5.41, 5.74) is 0.765. The first-order valence-electron chi connectivity index (χ1n) is 5.87. The van der Waals surface area contributed by atoms with Gasteiger partial charge in [-0.3, -0.25) is 4.90 Å². The Kier molecular flexibility index (Phi) is 5.11. The highest BCUT2D eigenvalue weighted by atomic mass is 16.6. The fourth-order valence-electron chi connectivity index (χ4n) is 1.58. The minimum Gasteiger partial charge on any atom is -0.478 e. The molecule has 0 saturated carbocycles. The second-order valence-corrected chi connectivity index (χ2v) is 4.18. The van der Waals surface area contributed by atoms with Crippen LogP contribution in [0.25, 0.3) is 0 Å². The number of aromatic carboxylic acids is 1. The lowest BCUT2D eigenvalue weighted by atomic mass is 10.2. The fraction of sp³-hybridized carbons (Fsp3) is 0.286. The van der Waals surface area contributed by atoms with Crippen LogP contribution in [-0.2, 0) is 4.74 Å². The van der Waals surface area contributed by atoms with E-state index in [-0.39, 0.29) is 18.2 Å². The van der Waals surface area contributed by atoms with E-state index < -0.39 is 12.1 Å². The standard InChI is InChI=1S/C14H17NO4/c1-4-9-19-14(18)15(10(2)3)12-7-5-11(6-8-12)13(16)17/h4-8,10H,1,9H2,2-3H3,(H,16,17). The van der Waals surface area contributed by atoms with Gasteiger partial charge in [0.05, 0.1) is 5.56 Å². The first-order valence-corrected chi connectivity index (χ1v) is 5.87. The molecule has 0 aliphatic carbocycles. The zero-order valence-corrected chi connectivity index (χ0v) is 11.0. The molecule has 0 bridgehead atoms. The van der Waals surface area contributed by atoms with E-state index in [9.17, 15) is 9.59 Å². The summed E-state index contributed by atoms with van der Waals surface area (Å²) in [5.74, 6) is -1.00. The van der Waals surface area contributed by atoms with Crippen molar-refractivity contribution in [3.63, 3.8) is 0 Å². The number of carbonyl (C=O) groups excluding carboxylic acids is 1. The summed E-state index contributed by atoms with van der Waals surface area (Å²) in [4.78, 5) is 24.1. The predicted molar refractivity (Wildman–Crippen MR) is 72.6 cm³/mol. The first kappa shape index (κ1) is 14.8. The molecule has 0 spiro atoms. The van der Waals surface area contributed by atoms with E-state index in [1.165, 1.54) is 23.1 Å². The third-order valence-electron chi connectivity index (χ3n) is 2.43. The van der Waals surface area contributed by atoms with Crippen LogP contribution in [0.1, 0.15) is 24.2 Å². The van der Waals surface area contributed by atoms with Gasteiger partial charge in [-0.1, -0.05) is 12.7 Å². The Balaban J connectivity index is 2.95. The molecule has 0 aliphatic heterocycles. The van der Waals surface area contributed by atoms with Crippen molar-refractivity contribution in [2.45, 2.75) is 19.9 Å². The Hall–Kier alpha value is -2.30. The number of carbonyl (C=O) groups is 2. The molecule has 1 aromatic rings. The van der Waals surface area contributed by atoms with Crippen LogP contribution in [0.15, 0.2) is 36.9 Å². The Morgan fingerprint density at radius 3 is 2.37 bits per heavy atom. The van der Waals surface area contributed by atoms with Crippen LogP contribution in [0.5, 0.6) is 0 Å². The van der Waals surface area contributed by atoms with Crippen LogP contribution in [-0.4, -0.2) is 29.8 Å². The predicted octanol–water partition coefficient (Wildman–Crippen LogP) is 2.92. The normalized spacial score (nSPS) is 10.1. The molecule has 1 rings (SSSR count). The van der Waals surface area contributed by atoms with Crippen molar-refractivity contribution in [1.29, 1.82) is 0 Å². The number of rotatable bonds is 5. The van der Waals surface area contributed by atoms with Crippen molar-refractivity contribution >= 4 is 17.7 Å². The van der Waals surface area contributed by atoms with Crippen molar-refractivity contribution in [3.05, 3.63) is 42.5 Å². The Bertz CT molecular complexity index is 465. The number of hydrogen-bond acceptors (Lipinski definition) is 3. The lowest BCUT2D eigenvalue weighted by molar-refractivity contribution is 0.0697. The Morgan fingerprint density at radius 2 is 1.95 bits per heavy atom. The molecule has 0 unspecified atom stereocenters. The quantitative estimate of drug-likeness (QED) is 0.829. The fourth-order valence-corrected chi connectivity index (χ4v) is 1.58. The van der Waals surface area contributed by atoms with E-state index >= 15 is 0 Å². The van der Waals surface area contributed by atoms with E-state index in [1.54, 1.807) is 12.1 Å². The van der Waals surface area contributed by atoms with Gasteiger partial charge in [0.25, 0.3) is 0 Å². The number of carboxylic acids is 1. The minimum atomic E-state index is -1.00. The molecular formula is C14H17NO4. The largest absolute Gasteiger partial charge is 0.478 e. The number of hydrogen-bond donors (Lipinski definition) is 1. The molecule has 0 radical (unpaired) electrons. The zero-order chi connectivity index (χ0) is 14.4. The number of amides is 1. The van der Waals surface area contributed by atoms with Crippen LogP contribution in [0.2, 0.25) is 0 Å². The van der Waals surface area contributed by atoms with Crippen molar-refractivity contribution < 1.29 is 19.4 Å². The lowest BCUT2D eigenvalue weighted by Gasteiger charge is -2.25. The highest BCUT2D eigenvalue weighted by Crippen LogP contribution is 2.19. The highest BCUT2D eigenvalue weighted by Gasteiger charge is 2.20. The van der Waals surface area contributed by atoms with Gasteiger partial charge in [0, 0.05) is 11.7 Å². The Labute approximate surface area is 112 Å². The van der Waals surface area contributed by atoms with E-state index in [1.807, 2.05) is 13.8 Å². The van der Waals surface area contributed by atoms with Crippen LogP contribution in [0, 0.1) is 0 Å². The summed E-state index contributed by atoms with van der Waals surface area (Å²) in [5, 5.41) is 8.83. The molecular weight excluding hydrogens is 246 g/mol. The lowest BCUT2D eigenvalue weighted by Crippen LogP contribution is -2.37. The third-order valence-corrected chi connectivity index (χ3v) is 2.43. The minimum absolute atomic E-state index is 0.104. The van der Waals surface area contributed by atoms with Gasteiger partial charge in [-0.25, -0.2) is 9.59 Å².